The third-order valence-corrected chi connectivity index (χ3v) is 7.57. The molecule has 0 saturated heterocycles. The number of anilines is 2. The van der Waals surface area contributed by atoms with E-state index in [-0.39, 0.29) is 4.35 Å². The number of hydrogen-bond donors (Lipinski definition) is 3. The summed E-state index contributed by atoms with van der Waals surface area (Å²) in [6.45, 7) is 2.04. The Kier molecular flexibility index (Phi) is 5.03. The predicted octanol–water partition coefficient (Wildman–Crippen LogP) is 3.62. The molecule has 4 aromatic rings. The monoisotopic (exact) mass is 475 g/mol. The Morgan fingerprint density at radius 3 is 2.36 bits per heavy atom. The fraction of sp³-hybridized carbons (Fsp3) is 0.0526. The minimum atomic E-state index is -4.90. The number of aryl methyl sites for hydroxylation is 1. The van der Waals surface area contributed by atoms with Gasteiger partial charge in [-0.15, -0.1) is 0 Å². The van der Waals surface area contributed by atoms with Crippen molar-refractivity contribution in [1.29, 1.82) is 0 Å². The summed E-state index contributed by atoms with van der Waals surface area (Å²) >= 11 is 2.71. The number of thiophene rings is 1. The second-order valence-corrected chi connectivity index (χ2v) is 11.2. The summed E-state index contributed by atoms with van der Waals surface area (Å²) < 4.78 is 30.1. The van der Waals surface area contributed by atoms with E-state index in [0.717, 1.165) is 26.2 Å². The van der Waals surface area contributed by atoms with Crippen molar-refractivity contribution < 1.29 is 11.9 Å². The van der Waals surface area contributed by atoms with E-state index in [1.807, 2.05) is 31.2 Å². The van der Waals surface area contributed by atoms with Gasteiger partial charge in [-0.3, -0.25) is 0 Å². The third-order valence-electron chi connectivity index (χ3n) is 4.26. The van der Waals surface area contributed by atoms with Crippen molar-refractivity contribution in [3.05, 3.63) is 64.8 Å². The van der Waals surface area contributed by atoms with Crippen molar-refractivity contribution in [1.82, 2.24) is 9.97 Å². The molecule has 0 saturated carbocycles. The van der Waals surface area contributed by atoms with Crippen molar-refractivity contribution in [3.63, 3.8) is 0 Å². The maximum absolute atomic E-state index is 11.4. The molecule has 0 aliphatic heterocycles. The van der Waals surface area contributed by atoms with Crippen LogP contribution in [0, 0.1) is 6.92 Å². The van der Waals surface area contributed by atoms with Gasteiger partial charge in [-0.2, -0.15) is 0 Å². The molecule has 2 heterocycles. The molecule has 0 atom stereocenters. The van der Waals surface area contributed by atoms with Gasteiger partial charge in [0.15, 0.2) is 0 Å². The average Bonchev–Trinajstić information content (AvgIpc) is 2.99. The topological polar surface area (TPSA) is 95.3 Å². The quantitative estimate of drug-likeness (QED) is 0.390. The van der Waals surface area contributed by atoms with Crippen LogP contribution in [0.25, 0.3) is 21.3 Å². The zero-order valence-corrected chi connectivity index (χ0v) is 18.1. The average molecular weight is 476 g/mol. The number of aromatic nitrogens is 2. The number of halogens is 1. The first-order valence-corrected chi connectivity index (χ1v) is 12.8. The molecule has 9 heteroatoms. The molecule has 6 nitrogen and oxygen atoms in total. The fourth-order valence-corrected chi connectivity index (χ4v) is 5.25. The summed E-state index contributed by atoms with van der Waals surface area (Å²) in [5.41, 5.74) is 2.74. The van der Waals surface area contributed by atoms with Gasteiger partial charge in [0, 0.05) is 0 Å². The van der Waals surface area contributed by atoms with Gasteiger partial charge in [0.25, 0.3) is 0 Å². The molecule has 0 aliphatic carbocycles. The van der Waals surface area contributed by atoms with Crippen LogP contribution in [-0.4, -0.2) is 32.3 Å². The van der Waals surface area contributed by atoms with Gasteiger partial charge in [-0.25, -0.2) is 0 Å². The number of rotatable bonds is 4. The Bertz CT molecular complexity index is 1200. The van der Waals surface area contributed by atoms with E-state index in [2.05, 4.69) is 15.3 Å². The third kappa shape index (κ3) is 3.72. The number of hydrogen-bond acceptors (Lipinski definition) is 5. The summed E-state index contributed by atoms with van der Waals surface area (Å²) in [5.74, 6) is 0.633. The molecule has 0 bridgehead atoms. The van der Waals surface area contributed by atoms with Gasteiger partial charge in [0.05, 0.1) is 0 Å². The van der Waals surface area contributed by atoms with Crippen LogP contribution in [0.5, 0.6) is 0 Å². The van der Waals surface area contributed by atoms with Crippen LogP contribution in [0.3, 0.4) is 0 Å². The summed E-state index contributed by atoms with van der Waals surface area (Å²) in [6.07, 6.45) is 1.50. The van der Waals surface area contributed by atoms with E-state index in [1.165, 1.54) is 18.5 Å². The van der Waals surface area contributed by atoms with E-state index in [4.69, 9.17) is 11.6 Å². The predicted molar refractivity (Wildman–Crippen MR) is 113 cm³/mol. The van der Waals surface area contributed by atoms with Crippen LogP contribution >= 0.6 is 22.9 Å². The van der Waals surface area contributed by atoms with Gasteiger partial charge < -0.3 is 0 Å². The van der Waals surface area contributed by atoms with Gasteiger partial charge in [-0.1, -0.05) is 11.6 Å². The molecule has 0 unspecified atom stereocenters. The molecule has 0 fully saturated rings. The normalized spacial score (nSPS) is 11.7. The Labute approximate surface area is 172 Å². The Morgan fingerprint density at radius 2 is 1.71 bits per heavy atom. The molecule has 28 heavy (non-hydrogen) atoms. The summed E-state index contributed by atoms with van der Waals surface area (Å²) in [7, 11) is 0. The summed E-state index contributed by atoms with van der Waals surface area (Å²) in [4.78, 5) is 10.8. The summed E-state index contributed by atoms with van der Waals surface area (Å²) in [6, 6.07) is 13.7. The van der Waals surface area contributed by atoms with Gasteiger partial charge in [0.2, 0.25) is 0 Å². The molecular weight excluding hydrogens is 461 g/mol. The van der Waals surface area contributed by atoms with E-state index in [1.54, 1.807) is 23.5 Å². The number of nitrogens with zero attached hydrogens (tertiary/aromatic N) is 2. The van der Waals surface area contributed by atoms with Crippen molar-refractivity contribution >= 4 is 63.2 Å². The standard InChI is InChI=1S/C19H15AsClN3O3S/c1-11-16(12-2-6-14(21)7-3-12)17-18(22-10-23-19(17)28-11)24-15-8-4-13(5-9-15)20(25,26)27/h2-10H,1H3,(H,22,23,24)(H2,25,26,27). The van der Waals surface area contributed by atoms with Crippen LogP contribution < -0.4 is 9.67 Å². The second kappa shape index (κ2) is 7.35. The first kappa shape index (κ1) is 19.2. The molecule has 0 spiro atoms. The van der Waals surface area contributed by atoms with Crippen LogP contribution in [0.15, 0.2) is 54.9 Å². The molecule has 3 N–H and O–H groups in total. The second-order valence-electron chi connectivity index (χ2n) is 6.16. The molecule has 2 aromatic carbocycles. The van der Waals surface area contributed by atoms with Crippen molar-refractivity contribution in [2.75, 3.05) is 5.32 Å². The zero-order chi connectivity index (χ0) is 19.9. The molecule has 4 rings (SSSR count). The van der Waals surface area contributed by atoms with E-state index in [9.17, 15) is 11.9 Å². The molecular formula is C19H15AsClN3O3S. The molecule has 2 aromatic heterocycles. The van der Waals surface area contributed by atoms with Crippen LogP contribution in [0.2, 0.25) is 5.02 Å². The fourth-order valence-electron chi connectivity index (χ4n) is 2.98. The minimum absolute atomic E-state index is 0.0322. The molecule has 0 aliphatic rings. The Hall–Kier alpha value is -2.15. The number of fused-ring (bicyclic) bond motifs is 1. The van der Waals surface area contributed by atoms with Crippen LogP contribution in [0.4, 0.5) is 11.5 Å². The first-order chi connectivity index (χ1) is 13.3. The van der Waals surface area contributed by atoms with Crippen molar-refractivity contribution in [2.24, 2.45) is 0 Å². The summed E-state index contributed by atoms with van der Waals surface area (Å²) in [5, 5.41) is 4.81. The maximum atomic E-state index is 11.4. The van der Waals surface area contributed by atoms with E-state index in [0.29, 0.717) is 16.5 Å². The van der Waals surface area contributed by atoms with Gasteiger partial charge >= 0.3 is 162 Å². The Balaban J connectivity index is 1.79. The van der Waals surface area contributed by atoms with Gasteiger partial charge in [-0.05, 0) is 0 Å². The van der Waals surface area contributed by atoms with Crippen LogP contribution in [0.1, 0.15) is 4.88 Å². The van der Waals surface area contributed by atoms with E-state index >= 15 is 0 Å². The van der Waals surface area contributed by atoms with E-state index < -0.39 is 14.2 Å². The first-order valence-electron chi connectivity index (χ1n) is 8.26. The van der Waals surface area contributed by atoms with Crippen LogP contribution in [-0.2, 0) is 3.74 Å². The Morgan fingerprint density at radius 1 is 1.04 bits per heavy atom. The zero-order valence-electron chi connectivity index (χ0n) is 14.6. The molecule has 0 amide bonds. The number of nitrogens with one attached hydrogen (secondary N) is 1. The van der Waals surface area contributed by atoms with Crippen molar-refractivity contribution in [2.45, 2.75) is 6.92 Å². The number of benzene rings is 2. The SMILES string of the molecule is Cc1sc2ncnc(Nc3ccc([As](=O)(O)O)cc3)c2c1-c1ccc(Cl)cc1. The molecule has 0 radical (unpaired) electrons. The van der Waals surface area contributed by atoms with Gasteiger partial charge in [0.1, 0.15) is 0 Å². The molecule has 142 valence electrons. The van der Waals surface area contributed by atoms with Crippen molar-refractivity contribution in [3.8, 4) is 11.1 Å².